The van der Waals surface area contributed by atoms with Crippen LogP contribution in [-0.4, -0.2) is 42.6 Å². The number of fused-ring (bicyclic) bond motifs is 1. The van der Waals surface area contributed by atoms with Crippen LogP contribution in [0.2, 0.25) is 0 Å². The molecule has 8 heteroatoms. The van der Waals surface area contributed by atoms with Crippen LogP contribution in [0.3, 0.4) is 0 Å². The minimum Gasteiger partial charge on any atom is -0.377 e. The molecule has 0 radical (unpaired) electrons. The molecular weight excluding hydrogens is 430 g/mol. The van der Waals surface area contributed by atoms with Crippen LogP contribution in [0.5, 0.6) is 0 Å². The van der Waals surface area contributed by atoms with Crippen molar-refractivity contribution in [1.82, 2.24) is 10.3 Å². The van der Waals surface area contributed by atoms with E-state index >= 15 is 0 Å². The molecule has 4 rings (SSSR count). The summed E-state index contributed by atoms with van der Waals surface area (Å²) in [7, 11) is 3.67. The number of amides is 1. The summed E-state index contributed by atoms with van der Waals surface area (Å²) in [6.07, 6.45) is 2.47. The van der Waals surface area contributed by atoms with E-state index in [0.717, 1.165) is 37.3 Å². The first kappa shape index (κ1) is 23.1. The van der Waals surface area contributed by atoms with Crippen molar-refractivity contribution in [2.24, 2.45) is 5.10 Å². The van der Waals surface area contributed by atoms with E-state index in [2.05, 4.69) is 39.7 Å². The molecule has 0 aromatic heterocycles. The van der Waals surface area contributed by atoms with E-state index < -0.39 is 4.92 Å². The zero-order valence-electron chi connectivity index (χ0n) is 19.3. The van der Waals surface area contributed by atoms with E-state index in [9.17, 15) is 14.9 Å². The van der Waals surface area contributed by atoms with E-state index in [1.807, 2.05) is 31.1 Å². The zero-order chi connectivity index (χ0) is 24.1. The summed E-state index contributed by atoms with van der Waals surface area (Å²) < 4.78 is 0. The van der Waals surface area contributed by atoms with Crippen molar-refractivity contribution < 1.29 is 9.72 Å². The molecule has 3 aromatic carbocycles. The number of hydrogen-bond acceptors (Lipinski definition) is 6. The van der Waals surface area contributed by atoms with Crippen LogP contribution in [0.4, 0.5) is 11.4 Å². The summed E-state index contributed by atoms with van der Waals surface area (Å²) in [5.41, 5.74) is 8.21. The highest BCUT2D eigenvalue weighted by atomic mass is 16.6. The van der Waals surface area contributed by atoms with Crippen LogP contribution < -0.4 is 10.3 Å². The number of nitro benzene ring substituents is 1. The SMILES string of the molecule is CN(C)c1ccc([N+](=O)[O-])cc1/C=N\NC(=O)c1ccc(CN2CCc3ccccc3C2)cc1. The molecule has 1 aliphatic heterocycles. The number of nitrogens with one attached hydrogen (secondary N) is 1. The molecule has 0 bridgehead atoms. The fourth-order valence-electron chi connectivity index (χ4n) is 4.10. The Morgan fingerprint density at radius 2 is 1.85 bits per heavy atom. The number of nitro groups is 1. The molecule has 34 heavy (non-hydrogen) atoms. The second kappa shape index (κ2) is 10.3. The summed E-state index contributed by atoms with van der Waals surface area (Å²) in [5.74, 6) is -0.341. The Bertz CT molecular complexity index is 1220. The number of carbonyl (C=O) groups excluding carboxylic acids is 1. The number of non-ortho nitro benzene ring substituents is 1. The molecule has 8 nitrogen and oxygen atoms in total. The molecule has 0 aliphatic carbocycles. The zero-order valence-corrected chi connectivity index (χ0v) is 19.3. The monoisotopic (exact) mass is 457 g/mol. The fraction of sp³-hybridized carbons (Fsp3) is 0.231. The number of hydrazone groups is 1. The first-order valence-corrected chi connectivity index (χ1v) is 11.1. The van der Waals surface area contributed by atoms with Crippen molar-refractivity contribution in [3.63, 3.8) is 0 Å². The van der Waals surface area contributed by atoms with Gasteiger partial charge in [-0.3, -0.25) is 19.8 Å². The van der Waals surface area contributed by atoms with Gasteiger partial charge in [0.15, 0.2) is 0 Å². The number of carbonyl (C=O) groups is 1. The van der Waals surface area contributed by atoms with Crippen molar-refractivity contribution in [3.8, 4) is 0 Å². The average Bonchev–Trinajstić information content (AvgIpc) is 2.84. The fourth-order valence-corrected chi connectivity index (χ4v) is 4.10. The maximum atomic E-state index is 12.5. The van der Waals surface area contributed by atoms with Gasteiger partial charge in [-0.25, -0.2) is 5.43 Å². The molecule has 1 aliphatic rings. The van der Waals surface area contributed by atoms with E-state index in [0.29, 0.717) is 11.1 Å². The summed E-state index contributed by atoms with van der Waals surface area (Å²) in [4.78, 5) is 27.4. The van der Waals surface area contributed by atoms with Crippen LogP contribution in [0.1, 0.15) is 32.6 Å². The Morgan fingerprint density at radius 3 is 2.56 bits per heavy atom. The minimum atomic E-state index is -0.459. The van der Waals surface area contributed by atoms with Crippen molar-refractivity contribution >= 4 is 23.5 Å². The molecule has 0 saturated heterocycles. The predicted molar refractivity (Wildman–Crippen MR) is 133 cm³/mol. The largest absolute Gasteiger partial charge is 0.377 e. The number of rotatable bonds is 7. The lowest BCUT2D eigenvalue weighted by Gasteiger charge is -2.28. The van der Waals surface area contributed by atoms with Gasteiger partial charge in [-0.2, -0.15) is 5.10 Å². The van der Waals surface area contributed by atoms with Gasteiger partial charge in [0.1, 0.15) is 0 Å². The quantitative estimate of drug-likeness (QED) is 0.329. The van der Waals surface area contributed by atoms with E-state index in [4.69, 9.17) is 0 Å². The highest BCUT2D eigenvalue weighted by Crippen LogP contribution is 2.23. The molecule has 0 saturated carbocycles. The van der Waals surface area contributed by atoms with Crippen LogP contribution >= 0.6 is 0 Å². The Balaban J connectivity index is 1.37. The molecule has 1 amide bonds. The molecule has 0 unspecified atom stereocenters. The first-order valence-electron chi connectivity index (χ1n) is 11.1. The molecule has 174 valence electrons. The molecule has 0 atom stereocenters. The van der Waals surface area contributed by atoms with Gasteiger partial charge in [0.2, 0.25) is 0 Å². The van der Waals surface area contributed by atoms with Gasteiger partial charge in [-0.15, -0.1) is 0 Å². The molecule has 0 spiro atoms. The standard InChI is InChI=1S/C26H27N5O3/c1-29(2)25-12-11-24(31(33)34)15-23(25)16-27-28-26(32)21-9-7-19(8-10-21)17-30-14-13-20-5-3-4-6-22(20)18-30/h3-12,15-16H,13-14,17-18H2,1-2H3,(H,28,32)/b27-16-. The molecular formula is C26H27N5O3. The third-order valence-electron chi connectivity index (χ3n) is 5.91. The summed E-state index contributed by atoms with van der Waals surface area (Å²) in [6, 6.07) is 20.6. The Kier molecular flexibility index (Phi) is 6.98. The Hall–Kier alpha value is -4.04. The third kappa shape index (κ3) is 5.47. The number of nitrogens with zero attached hydrogens (tertiary/aromatic N) is 4. The number of hydrogen-bond donors (Lipinski definition) is 1. The van der Waals surface area contributed by atoms with Crippen LogP contribution in [-0.2, 0) is 19.5 Å². The topological polar surface area (TPSA) is 91.1 Å². The summed E-state index contributed by atoms with van der Waals surface area (Å²) in [5, 5.41) is 15.1. The smallest absolute Gasteiger partial charge is 0.271 e. The van der Waals surface area contributed by atoms with Gasteiger partial charge in [-0.05, 0) is 41.3 Å². The maximum absolute atomic E-state index is 12.5. The van der Waals surface area contributed by atoms with E-state index in [1.54, 1.807) is 18.2 Å². The van der Waals surface area contributed by atoms with Crippen molar-refractivity contribution in [2.75, 3.05) is 25.5 Å². The lowest BCUT2D eigenvalue weighted by molar-refractivity contribution is -0.384. The lowest BCUT2D eigenvalue weighted by Crippen LogP contribution is -2.30. The highest BCUT2D eigenvalue weighted by molar-refractivity contribution is 5.95. The van der Waals surface area contributed by atoms with Crippen molar-refractivity contribution in [3.05, 3.63) is 105 Å². The first-order chi connectivity index (χ1) is 16.4. The van der Waals surface area contributed by atoms with Crippen LogP contribution in [0.25, 0.3) is 0 Å². The number of benzene rings is 3. The van der Waals surface area contributed by atoms with Crippen LogP contribution in [0.15, 0.2) is 71.8 Å². The molecule has 3 aromatic rings. The maximum Gasteiger partial charge on any atom is 0.271 e. The highest BCUT2D eigenvalue weighted by Gasteiger charge is 2.16. The normalized spacial score (nSPS) is 13.5. The van der Waals surface area contributed by atoms with Crippen LogP contribution in [0, 0.1) is 10.1 Å². The van der Waals surface area contributed by atoms with Gasteiger partial charge in [0, 0.05) is 62.7 Å². The van der Waals surface area contributed by atoms with Gasteiger partial charge in [-0.1, -0.05) is 36.4 Å². The third-order valence-corrected chi connectivity index (χ3v) is 5.91. The summed E-state index contributed by atoms with van der Waals surface area (Å²) in [6.45, 7) is 2.77. The van der Waals surface area contributed by atoms with E-state index in [1.165, 1.54) is 29.5 Å². The average molecular weight is 458 g/mol. The predicted octanol–water partition coefficient (Wildman–Crippen LogP) is 3.98. The van der Waals surface area contributed by atoms with E-state index in [-0.39, 0.29) is 11.6 Å². The lowest BCUT2D eigenvalue weighted by atomic mass is 9.99. The molecule has 1 heterocycles. The Morgan fingerprint density at radius 1 is 1.12 bits per heavy atom. The van der Waals surface area contributed by atoms with Crippen molar-refractivity contribution in [2.45, 2.75) is 19.5 Å². The minimum absolute atomic E-state index is 0.0360. The van der Waals surface area contributed by atoms with Gasteiger partial charge >= 0.3 is 0 Å². The second-order valence-electron chi connectivity index (χ2n) is 8.52. The van der Waals surface area contributed by atoms with Gasteiger partial charge in [0.05, 0.1) is 11.1 Å². The Labute approximate surface area is 198 Å². The van der Waals surface area contributed by atoms with Gasteiger partial charge in [0.25, 0.3) is 11.6 Å². The summed E-state index contributed by atoms with van der Waals surface area (Å²) >= 11 is 0. The molecule has 1 N–H and O–H groups in total. The van der Waals surface area contributed by atoms with Gasteiger partial charge < -0.3 is 4.90 Å². The van der Waals surface area contributed by atoms with Crippen molar-refractivity contribution in [1.29, 1.82) is 0 Å². The molecule has 0 fully saturated rings. The number of anilines is 1. The second-order valence-corrected chi connectivity index (χ2v) is 8.52.